The second-order valence-corrected chi connectivity index (χ2v) is 4.14. The molecular formula is C11H21N5O. The zero-order chi connectivity index (χ0) is 12.8. The molecule has 96 valence electrons. The summed E-state index contributed by atoms with van der Waals surface area (Å²) in [6, 6.07) is 0. The second kappa shape index (κ2) is 6.34. The Hall–Kier alpha value is -1.43. The molecule has 1 rings (SSSR count). The highest BCUT2D eigenvalue weighted by atomic mass is 16.2. The van der Waals surface area contributed by atoms with Crippen LogP contribution in [0.4, 0.5) is 0 Å². The third-order valence-corrected chi connectivity index (χ3v) is 2.62. The molecule has 6 nitrogen and oxygen atoms in total. The van der Waals surface area contributed by atoms with Gasteiger partial charge >= 0.3 is 0 Å². The Morgan fingerprint density at radius 1 is 1.47 bits per heavy atom. The Balaban J connectivity index is 2.40. The Morgan fingerprint density at radius 2 is 2.18 bits per heavy atom. The molecule has 2 N–H and O–H groups in total. The molecule has 0 fully saturated rings. The van der Waals surface area contributed by atoms with Crippen LogP contribution >= 0.6 is 0 Å². The molecule has 0 saturated heterocycles. The molecule has 17 heavy (non-hydrogen) atoms. The highest BCUT2D eigenvalue weighted by molar-refractivity contribution is 5.75. The standard InChI is InChI=1S/C11H21N5O/c1-9-13-10(2)16(14-9)8-5-11(17)15(3)7-4-6-12/h4-8,12H2,1-3H3. The Labute approximate surface area is 102 Å². The number of aryl methyl sites for hydroxylation is 3. The summed E-state index contributed by atoms with van der Waals surface area (Å²) in [6.07, 6.45) is 1.29. The van der Waals surface area contributed by atoms with E-state index in [-0.39, 0.29) is 5.91 Å². The van der Waals surface area contributed by atoms with E-state index in [1.807, 2.05) is 13.8 Å². The number of hydrogen-bond donors (Lipinski definition) is 1. The van der Waals surface area contributed by atoms with Crippen molar-refractivity contribution in [3.8, 4) is 0 Å². The van der Waals surface area contributed by atoms with E-state index in [4.69, 9.17) is 5.73 Å². The lowest BCUT2D eigenvalue weighted by Crippen LogP contribution is -2.29. The first kappa shape index (κ1) is 13.6. The number of hydrogen-bond acceptors (Lipinski definition) is 4. The summed E-state index contributed by atoms with van der Waals surface area (Å²) < 4.78 is 1.77. The molecule has 6 heteroatoms. The van der Waals surface area contributed by atoms with Crippen LogP contribution in [0.3, 0.4) is 0 Å². The third kappa shape index (κ3) is 4.14. The molecule has 0 atom stereocenters. The summed E-state index contributed by atoms with van der Waals surface area (Å²) in [5, 5.41) is 4.22. The maximum Gasteiger partial charge on any atom is 0.224 e. The van der Waals surface area contributed by atoms with Crippen LogP contribution in [-0.4, -0.2) is 45.7 Å². The molecule has 1 aromatic heterocycles. The van der Waals surface area contributed by atoms with Gasteiger partial charge in [-0.15, -0.1) is 0 Å². The van der Waals surface area contributed by atoms with Crippen molar-refractivity contribution in [3.63, 3.8) is 0 Å². The van der Waals surface area contributed by atoms with Crippen LogP contribution in [0.25, 0.3) is 0 Å². The van der Waals surface area contributed by atoms with Crippen molar-refractivity contribution in [2.75, 3.05) is 20.1 Å². The van der Waals surface area contributed by atoms with Gasteiger partial charge in [-0.2, -0.15) is 5.10 Å². The van der Waals surface area contributed by atoms with Gasteiger partial charge in [0.2, 0.25) is 5.91 Å². The molecule has 0 saturated carbocycles. The highest BCUT2D eigenvalue weighted by Gasteiger charge is 2.09. The number of carbonyl (C=O) groups excluding carboxylic acids is 1. The van der Waals surface area contributed by atoms with Crippen molar-refractivity contribution in [2.45, 2.75) is 33.2 Å². The van der Waals surface area contributed by atoms with Gasteiger partial charge in [0, 0.05) is 20.0 Å². The lowest BCUT2D eigenvalue weighted by atomic mass is 10.3. The molecule has 0 aliphatic heterocycles. The minimum Gasteiger partial charge on any atom is -0.346 e. The fourth-order valence-corrected chi connectivity index (χ4v) is 1.62. The van der Waals surface area contributed by atoms with E-state index in [0.29, 0.717) is 26.1 Å². The predicted molar refractivity (Wildman–Crippen MR) is 65.4 cm³/mol. The molecule has 0 spiro atoms. The number of rotatable bonds is 6. The maximum absolute atomic E-state index is 11.8. The molecule has 1 amide bonds. The van der Waals surface area contributed by atoms with Crippen molar-refractivity contribution in [3.05, 3.63) is 11.6 Å². The van der Waals surface area contributed by atoms with E-state index in [9.17, 15) is 4.79 Å². The van der Waals surface area contributed by atoms with Crippen LogP contribution in [0.15, 0.2) is 0 Å². The molecule has 0 bridgehead atoms. The van der Waals surface area contributed by atoms with Gasteiger partial charge in [0.1, 0.15) is 11.6 Å². The Kier molecular flexibility index (Phi) is 5.09. The van der Waals surface area contributed by atoms with E-state index >= 15 is 0 Å². The van der Waals surface area contributed by atoms with Gasteiger partial charge < -0.3 is 10.6 Å². The van der Waals surface area contributed by atoms with E-state index < -0.39 is 0 Å². The zero-order valence-corrected chi connectivity index (χ0v) is 10.8. The van der Waals surface area contributed by atoms with Crippen LogP contribution in [0.5, 0.6) is 0 Å². The van der Waals surface area contributed by atoms with Crippen molar-refractivity contribution in [1.82, 2.24) is 19.7 Å². The predicted octanol–water partition coefficient (Wildman–Crippen LogP) is 0.0922. The van der Waals surface area contributed by atoms with Gasteiger partial charge in [-0.05, 0) is 26.8 Å². The first-order chi connectivity index (χ1) is 8.04. The number of nitrogens with zero attached hydrogens (tertiary/aromatic N) is 4. The highest BCUT2D eigenvalue weighted by Crippen LogP contribution is 2.00. The second-order valence-electron chi connectivity index (χ2n) is 4.14. The van der Waals surface area contributed by atoms with E-state index in [1.54, 1.807) is 16.6 Å². The van der Waals surface area contributed by atoms with Crippen LogP contribution in [-0.2, 0) is 11.3 Å². The van der Waals surface area contributed by atoms with Crippen LogP contribution in [0, 0.1) is 13.8 Å². The summed E-state index contributed by atoms with van der Waals surface area (Å²) >= 11 is 0. The minimum absolute atomic E-state index is 0.117. The van der Waals surface area contributed by atoms with Crippen LogP contribution in [0.1, 0.15) is 24.5 Å². The summed E-state index contributed by atoms with van der Waals surface area (Å²) in [5.41, 5.74) is 5.40. The van der Waals surface area contributed by atoms with Gasteiger partial charge in [-0.3, -0.25) is 4.79 Å². The summed E-state index contributed by atoms with van der Waals surface area (Å²) in [4.78, 5) is 17.7. The summed E-state index contributed by atoms with van der Waals surface area (Å²) in [7, 11) is 1.80. The summed E-state index contributed by atoms with van der Waals surface area (Å²) in [5.74, 6) is 1.71. The third-order valence-electron chi connectivity index (χ3n) is 2.62. The topological polar surface area (TPSA) is 77.0 Å². The molecule has 0 unspecified atom stereocenters. The van der Waals surface area contributed by atoms with E-state index in [0.717, 1.165) is 18.1 Å². The molecule has 0 aromatic carbocycles. The zero-order valence-electron chi connectivity index (χ0n) is 10.8. The number of nitrogens with two attached hydrogens (primary N) is 1. The number of aromatic nitrogens is 3. The Morgan fingerprint density at radius 3 is 2.71 bits per heavy atom. The largest absolute Gasteiger partial charge is 0.346 e. The normalized spacial score (nSPS) is 10.6. The molecule has 0 aliphatic rings. The smallest absolute Gasteiger partial charge is 0.224 e. The molecule has 0 aliphatic carbocycles. The van der Waals surface area contributed by atoms with Gasteiger partial charge in [0.25, 0.3) is 0 Å². The fourth-order valence-electron chi connectivity index (χ4n) is 1.62. The minimum atomic E-state index is 0.117. The van der Waals surface area contributed by atoms with Crippen molar-refractivity contribution in [1.29, 1.82) is 0 Å². The summed E-state index contributed by atoms with van der Waals surface area (Å²) in [6.45, 7) is 5.64. The number of carbonyl (C=O) groups is 1. The Bertz CT molecular complexity index is 374. The van der Waals surface area contributed by atoms with Crippen LogP contribution < -0.4 is 5.73 Å². The van der Waals surface area contributed by atoms with E-state index in [2.05, 4.69) is 10.1 Å². The van der Waals surface area contributed by atoms with Gasteiger partial charge in [0.05, 0.1) is 6.54 Å². The maximum atomic E-state index is 11.8. The lowest BCUT2D eigenvalue weighted by molar-refractivity contribution is -0.130. The van der Waals surface area contributed by atoms with Crippen molar-refractivity contribution >= 4 is 5.91 Å². The van der Waals surface area contributed by atoms with Gasteiger partial charge in [-0.25, -0.2) is 9.67 Å². The van der Waals surface area contributed by atoms with Gasteiger partial charge in [-0.1, -0.05) is 0 Å². The average molecular weight is 239 g/mol. The molecule has 1 aromatic rings. The quantitative estimate of drug-likeness (QED) is 0.763. The van der Waals surface area contributed by atoms with Crippen molar-refractivity contribution in [2.24, 2.45) is 5.73 Å². The monoisotopic (exact) mass is 239 g/mol. The van der Waals surface area contributed by atoms with E-state index in [1.165, 1.54) is 0 Å². The SMILES string of the molecule is Cc1nc(C)n(CCC(=O)N(C)CCCN)n1. The first-order valence-corrected chi connectivity index (χ1v) is 5.86. The molecular weight excluding hydrogens is 218 g/mol. The molecule has 0 radical (unpaired) electrons. The molecule has 1 heterocycles. The van der Waals surface area contributed by atoms with Gasteiger partial charge in [0.15, 0.2) is 0 Å². The lowest BCUT2D eigenvalue weighted by Gasteiger charge is -2.16. The average Bonchev–Trinajstić information content (AvgIpc) is 2.61. The number of amides is 1. The van der Waals surface area contributed by atoms with Crippen LogP contribution in [0.2, 0.25) is 0 Å². The van der Waals surface area contributed by atoms with Crippen molar-refractivity contribution < 1.29 is 4.79 Å². The first-order valence-electron chi connectivity index (χ1n) is 5.86. The fraction of sp³-hybridized carbons (Fsp3) is 0.727.